The Balaban J connectivity index is 1.58. The van der Waals surface area contributed by atoms with E-state index in [4.69, 9.17) is 4.98 Å². The highest BCUT2D eigenvalue weighted by molar-refractivity contribution is 7.99. The third-order valence-corrected chi connectivity index (χ3v) is 8.13. The molecule has 1 saturated carbocycles. The number of anilines is 1. The summed E-state index contributed by atoms with van der Waals surface area (Å²) < 4.78 is 1.72. The molecule has 6 nitrogen and oxygen atoms in total. The fourth-order valence-corrected chi connectivity index (χ4v) is 6.47. The molecule has 1 amide bonds. The van der Waals surface area contributed by atoms with Crippen LogP contribution in [0.4, 0.5) is 5.13 Å². The SMILES string of the molecule is C=C(C)Cn1c(SCC(=O)Nc2nccs2)nc2c(c1=O)C1(CCCC1)Cc1ccccc1-2. The van der Waals surface area contributed by atoms with Gasteiger partial charge in [-0.2, -0.15) is 0 Å². The van der Waals surface area contributed by atoms with Gasteiger partial charge in [0.2, 0.25) is 5.91 Å². The van der Waals surface area contributed by atoms with Gasteiger partial charge in [0, 0.05) is 29.1 Å². The third-order valence-electron chi connectivity index (χ3n) is 6.47. The molecule has 0 bridgehead atoms. The van der Waals surface area contributed by atoms with Gasteiger partial charge in [0.25, 0.3) is 5.56 Å². The van der Waals surface area contributed by atoms with Crippen LogP contribution in [-0.4, -0.2) is 26.2 Å². The minimum atomic E-state index is -0.170. The van der Waals surface area contributed by atoms with Gasteiger partial charge in [-0.05, 0) is 31.7 Å². The lowest BCUT2D eigenvalue weighted by Gasteiger charge is -2.36. The molecule has 2 heterocycles. The Hall–Kier alpha value is -2.71. The van der Waals surface area contributed by atoms with Crippen molar-refractivity contribution in [3.63, 3.8) is 0 Å². The number of nitrogens with one attached hydrogen (secondary N) is 1. The summed E-state index contributed by atoms with van der Waals surface area (Å²) in [6, 6.07) is 8.29. The summed E-state index contributed by atoms with van der Waals surface area (Å²) in [4.78, 5) is 35.6. The quantitative estimate of drug-likeness (QED) is 0.305. The molecular weight excluding hydrogens is 452 g/mol. The molecular formula is C25H26N4O2S2. The number of hydrogen-bond donors (Lipinski definition) is 1. The van der Waals surface area contributed by atoms with Crippen molar-refractivity contribution < 1.29 is 4.79 Å². The normalized spacial score (nSPS) is 15.8. The number of amides is 1. The van der Waals surface area contributed by atoms with E-state index in [1.54, 1.807) is 10.8 Å². The van der Waals surface area contributed by atoms with Crippen molar-refractivity contribution in [2.75, 3.05) is 11.1 Å². The zero-order valence-corrected chi connectivity index (χ0v) is 20.2. The molecule has 0 atom stereocenters. The van der Waals surface area contributed by atoms with Gasteiger partial charge in [-0.25, -0.2) is 9.97 Å². The predicted octanol–water partition coefficient (Wildman–Crippen LogP) is 5.04. The molecule has 1 aromatic carbocycles. The zero-order valence-electron chi connectivity index (χ0n) is 18.6. The number of thiazole rings is 1. The molecule has 2 aliphatic rings. The number of carbonyl (C=O) groups excluding carboxylic acids is 1. The zero-order chi connectivity index (χ0) is 23.0. The van der Waals surface area contributed by atoms with E-state index in [9.17, 15) is 9.59 Å². The van der Waals surface area contributed by atoms with Crippen LogP contribution in [0.1, 0.15) is 43.7 Å². The maximum absolute atomic E-state index is 14.0. The smallest absolute Gasteiger partial charge is 0.258 e. The van der Waals surface area contributed by atoms with Gasteiger partial charge in [-0.15, -0.1) is 11.3 Å². The first-order valence-electron chi connectivity index (χ1n) is 11.2. The molecule has 0 radical (unpaired) electrons. The number of fused-ring (bicyclic) bond motifs is 4. The second-order valence-electron chi connectivity index (χ2n) is 8.96. The summed E-state index contributed by atoms with van der Waals surface area (Å²) in [5, 5.41) is 5.74. The van der Waals surface area contributed by atoms with Gasteiger partial charge in [-0.3, -0.25) is 14.2 Å². The van der Waals surface area contributed by atoms with Gasteiger partial charge < -0.3 is 5.32 Å². The van der Waals surface area contributed by atoms with Crippen LogP contribution < -0.4 is 10.9 Å². The summed E-state index contributed by atoms with van der Waals surface area (Å²) in [6.07, 6.45) is 6.84. The van der Waals surface area contributed by atoms with E-state index >= 15 is 0 Å². The molecule has 33 heavy (non-hydrogen) atoms. The van der Waals surface area contributed by atoms with E-state index in [0.29, 0.717) is 16.8 Å². The maximum atomic E-state index is 14.0. The Morgan fingerprint density at radius 1 is 1.30 bits per heavy atom. The highest BCUT2D eigenvalue weighted by atomic mass is 32.2. The number of benzene rings is 1. The Morgan fingerprint density at radius 2 is 2.09 bits per heavy atom. The molecule has 2 aromatic heterocycles. The van der Waals surface area contributed by atoms with Crippen LogP contribution >= 0.6 is 23.1 Å². The minimum absolute atomic E-state index is 0.0160. The van der Waals surface area contributed by atoms with Crippen LogP contribution in [0, 0.1) is 0 Å². The summed E-state index contributed by atoms with van der Waals surface area (Å²) in [6.45, 7) is 6.34. The van der Waals surface area contributed by atoms with Crippen molar-refractivity contribution in [1.29, 1.82) is 0 Å². The number of allylic oxidation sites excluding steroid dienone is 1. The van der Waals surface area contributed by atoms with Crippen LogP contribution in [0.2, 0.25) is 0 Å². The molecule has 170 valence electrons. The van der Waals surface area contributed by atoms with Crippen LogP contribution in [0.15, 0.2) is 57.9 Å². The van der Waals surface area contributed by atoms with Crippen LogP contribution in [-0.2, 0) is 23.2 Å². The number of hydrogen-bond acceptors (Lipinski definition) is 6. The Kier molecular flexibility index (Phi) is 5.97. The topological polar surface area (TPSA) is 76.9 Å². The first kappa shape index (κ1) is 22.1. The van der Waals surface area contributed by atoms with Crippen LogP contribution in [0.25, 0.3) is 11.3 Å². The average Bonchev–Trinajstić information content (AvgIpc) is 3.46. The first-order chi connectivity index (χ1) is 16.0. The van der Waals surface area contributed by atoms with Crippen LogP contribution in [0.5, 0.6) is 0 Å². The molecule has 3 aromatic rings. The van der Waals surface area contributed by atoms with Crippen molar-refractivity contribution in [3.05, 3.63) is 69.5 Å². The molecule has 0 aliphatic heterocycles. The van der Waals surface area contributed by atoms with E-state index in [-0.39, 0.29) is 22.6 Å². The molecule has 0 unspecified atom stereocenters. The number of rotatable bonds is 6. The van der Waals surface area contributed by atoms with Crippen molar-refractivity contribution in [2.45, 2.75) is 56.1 Å². The minimum Gasteiger partial charge on any atom is -0.301 e. The molecule has 0 saturated heterocycles. The average molecular weight is 479 g/mol. The molecule has 2 aliphatic carbocycles. The largest absolute Gasteiger partial charge is 0.301 e. The first-order valence-corrected chi connectivity index (χ1v) is 13.0. The maximum Gasteiger partial charge on any atom is 0.258 e. The second-order valence-corrected chi connectivity index (χ2v) is 10.8. The van der Waals surface area contributed by atoms with Crippen molar-refractivity contribution in [2.24, 2.45) is 0 Å². The Bertz CT molecular complexity index is 1270. The fraction of sp³-hybridized carbons (Fsp3) is 0.360. The van der Waals surface area contributed by atoms with E-state index in [1.807, 2.05) is 18.4 Å². The lowest BCUT2D eigenvalue weighted by Crippen LogP contribution is -2.40. The number of carbonyl (C=O) groups is 1. The Morgan fingerprint density at radius 3 is 2.82 bits per heavy atom. The van der Waals surface area contributed by atoms with Crippen LogP contribution in [0.3, 0.4) is 0 Å². The van der Waals surface area contributed by atoms with Gasteiger partial charge in [0.05, 0.1) is 17.0 Å². The lowest BCUT2D eigenvalue weighted by molar-refractivity contribution is -0.113. The third kappa shape index (κ3) is 4.17. The Labute approximate surface area is 201 Å². The van der Waals surface area contributed by atoms with Crippen molar-refractivity contribution in [1.82, 2.24) is 14.5 Å². The van der Waals surface area contributed by atoms with E-state index in [1.165, 1.54) is 28.7 Å². The van der Waals surface area contributed by atoms with Gasteiger partial charge in [0.1, 0.15) is 0 Å². The van der Waals surface area contributed by atoms with Gasteiger partial charge in [0.15, 0.2) is 10.3 Å². The summed E-state index contributed by atoms with van der Waals surface area (Å²) >= 11 is 2.66. The van der Waals surface area contributed by atoms with E-state index in [2.05, 4.69) is 35.1 Å². The van der Waals surface area contributed by atoms with Gasteiger partial charge >= 0.3 is 0 Å². The summed E-state index contributed by atoms with van der Waals surface area (Å²) in [5.74, 6) is -0.0233. The number of thioether (sulfide) groups is 1. The standard InChI is InChI=1S/C25H26N4O2S2/c1-16(2)14-29-22(31)20-21(28-24(29)33-15-19(30)27-23-26-11-12-32-23)18-8-4-3-7-17(18)13-25(20)9-5-6-10-25/h3-4,7-8,11-12H,1,5-6,9-10,13-15H2,2H3,(H,26,27,30). The highest BCUT2D eigenvalue weighted by Gasteiger charge is 2.44. The molecule has 5 rings (SSSR count). The molecule has 1 N–H and O–H groups in total. The van der Waals surface area contributed by atoms with E-state index < -0.39 is 0 Å². The lowest BCUT2D eigenvalue weighted by atomic mass is 9.68. The molecule has 8 heteroatoms. The van der Waals surface area contributed by atoms with Gasteiger partial charge in [-0.1, -0.05) is 61.0 Å². The van der Waals surface area contributed by atoms with E-state index in [0.717, 1.165) is 54.5 Å². The predicted molar refractivity (Wildman–Crippen MR) is 134 cm³/mol. The number of aromatic nitrogens is 3. The van der Waals surface area contributed by atoms with Crippen molar-refractivity contribution in [3.8, 4) is 11.3 Å². The molecule has 1 fully saturated rings. The fourth-order valence-electron chi connectivity index (χ4n) is 5.14. The summed E-state index contributed by atoms with van der Waals surface area (Å²) in [5.41, 5.74) is 4.70. The monoisotopic (exact) mass is 478 g/mol. The van der Waals surface area contributed by atoms with Crippen molar-refractivity contribution >= 4 is 34.1 Å². The second kappa shape index (κ2) is 8.91. The summed E-state index contributed by atoms with van der Waals surface area (Å²) in [7, 11) is 0. The molecule has 1 spiro atoms. The number of nitrogens with zero attached hydrogens (tertiary/aromatic N) is 3. The highest BCUT2D eigenvalue weighted by Crippen LogP contribution is 2.49.